The molecule has 0 radical (unpaired) electrons. The number of carbonyl (C=O) groups excluding carboxylic acids is 1. The van der Waals surface area contributed by atoms with Crippen LogP contribution in [0.5, 0.6) is 0 Å². The summed E-state index contributed by atoms with van der Waals surface area (Å²) in [4.78, 5) is 11.2. The van der Waals surface area contributed by atoms with Gasteiger partial charge in [-0.1, -0.05) is 5.92 Å². The predicted octanol–water partition coefficient (Wildman–Crippen LogP) is 2.96. The molecule has 1 heterocycles. The summed E-state index contributed by atoms with van der Waals surface area (Å²) in [7, 11) is -0.331. The second kappa shape index (κ2) is 5.33. The van der Waals surface area contributed by atoms with Crippen LogP contribution in [0.15, 0.2) is 12.1 Å². The minimum Gasteiger partial charge on any atom is -0.403 e. The van der Waals surface area contributed by atoms with E-state index in [1.54, 1.807) is 0 Å². The van der Waals surface area contributed by atoms with Gasteiger partial charge >= 0.3 is 7.12 Å². The van der Waals surface area contributed by atoms with E-state index in [9.17, 15) is 4.79 Å². The van der Waals surface area contributed by atoms with Gasteiger partial charge in [0.1, 0.15) is 6.29 Å². The molecule has 1 aromatic rings. The molecule has 0 N–H and O–H groups in total. The lowest BCUT2D eigenvalue weighted by atomic mass is 9.79. The molecule has 110 valence electrons. The zero-order valence-corrected chi connectivity index (χ0v) is 13.3. The second-order valence-corrected chi connectivity index (χ2v) is 6.51. The van der Waals surface area contributed by atoms with Crippen molar-refractivity contribution in [2.75, 3.05) is 0 Å². The minimum absolute atomic E-state index is 0.331. The number of terminal acetylenes is 1. The highest BCUT2D eigenvalue weighted by molar-refractivity contribution is 6.45. The molecule has 4 heteroatoms. The maximum Gasteiger partial charge on any atom is 0.462 e. The Morgan fingerprint density at radius 1 is 1.24 bits per heavy atom. The van der Waals surface area contributed by atoms with Crippen molar-refractivity contribution in [3.8, 4) is 12.3 Å². The lowest BCUT2D eigenvalue weighted by Crippen LogP contribution is -2.41. The van der Waals surface area contributed by atoms with Crippen molar-refractivity contribution in [3.05, 3.63) is 34.4 Å². The molecule has 0 saturated carbocycles. The summed E-state index contributed by atoms with van der Waals surface area (Å²) in [6.45, 7) is 9.94. The molecule has 1 aliphatic heterocycles. The summed E-state index contributed by atoms with van der Waals surface area (Å²) >= 11 is 0. The van der Waals surface area contributed by atoms with Crippen molar-refractivity contribution in [1.29, 1.82) is 0 Å². The number of aldehydes is 1. The number of hydrogen-bond acceptors (Lipinski definition) is 3. The van der Waals surface area contributed by atoms with E-state index >= 15 is 0 Å². The molecule has 0 bridgehead atoms. The maximum absolute atomic E-state index is 11.2. The monoisotopic (exact) mass is 284 g/mol. The van der Waals surface area contributed by atoms with Crippen LogP contribution >= 0.6 is 0 Å². The summed E-state index contributed by atoms with van der Waals surface area (Å²) in [5, 5.41) is 0. The first-order valence-electron chi connectivity index (χ1n) is 7.11. The first-order valence-corrected chi connectivity index (χ1v) is 7.11. The molecule has 0 amide bonds. The highest BCUT2D eigenvalue weighted by Crippen LogP contribution is 2.37. The normalized spacial score (nSPS) is 19.3. The largest absolute Gasteiger partial charge is 0.462 e. The van der Waals surface area contributed by atoms with Gasteiger partial charge in [-0.2, -0.15) is 0 Å². The molecule has 1 fully saturated rings. The Labute approximate surface area is 127 Å². The van der Waals surface area contributed by atoms with Crippen LogP contribution in [-0.2, 0) is 15.6 Å². The van der Waals surface area contributed by atoms with E-state index in [4.69, 9.17) is 15.7 Å². The molecular formula is C17H21BO3. The molecule has 0 atom stereocenters. The van der Waals surface area contributed by atoms with Crippen molar-refractivity contribution in [2.24, 2.45) is 0 Å². The SMILES string of the molecule is C#Cc1cc(CB2OC(C)(C)C(C)(C)O2)cc(C=O)c1C. The smallest absolute Gasteiger partial charge is 0.403 e. The van der Waals surface area contributed by atoms with Crippen molar-refractivity contribution in [2.45, 2.75) is 52.1 Å². The van der Waals surface area contributed by atoms with Gasteiger partial charge < -0.3 is 9.31 Å². The zero-order chi connectivity index (χ0) is 15.8. The Bertz CT molecular complexity index is 595. The highest BCUT2D eigenvalue weighted by atomic mass is 16.7. The first kappa shape index (κ1) is 15.8. The van der Waals surface area contributed by atoms with Crippen LogP contribution in [-0.4, -0.2) is 24.6 Å². The van der Waals surface area contributed by atoms with Gasteiger partial charge in [0.05, 0.1) is 11.2 Å². The Hall–Kier alpha value is -1.57. The fourth-order valence-electron chi connectivity index (χ4n) is 2.43. The average Bonchev–Trinajstić information content (AvgIpc) is 2.59. The van der Waals surface area contributed by atoms with Crippen LogP contribution in [0.2, 0.25) is 0 Å². The molecule has 2 rings (SSSR count). The quantitative estimate of drug-likeness (QED) is 0.486. The molecule has 0 aromatic heterocycles. The molecule has 1 aliphatic rings. The van der Waals surface area contributed by atoms with Gasteiger partial charge in [-0.05, 0) is 57.9 Å². The van der Waals surface area contributed by atoms with E-state index in [2.05, 4.69) is 5.92 Å². The van der Waals surface area contributed by atoms with E-state index in [0.717, 1.165) is 23.0 Å². The predicted molar refractivity (Wildman–Crippen MR) is 84.3 cm³/mol. The fraction of sp³-hybridized carbons (Fsp3) is 0.471. The Morgan fingerprint density at radius 3 is 2.29 bits per heavy atom. The molecule has 1 aromatic carbocycles. The standard InChI is InChI=1S/C17H21BO3/c1-7-14-8-13(9-15(11-19)12(14)2)10-18-20-16(3,4)17(5,6)21-18/h1,8-9,11H,10H2,2-6H3. The summed E-state index contributed by atoms with van der Waals surface area (Å²) in [6, 6.07) is 3.78. The van der Waals surface area contributed by atoms with E-state index in [1.807, 2.05) is 46.8 Å². The number of benzene rings is 1. The molecule has 0 unspecified atom stereocenters. The summed E-state index contributed by atoms with van der Waals surface area (Å²) < 4.78 is 12.0. The Balaban J connectivity index is 2.26. The molecule has 1 saturated heterocycles. The number of carbonyl (C=O) groups is 1. The number of rotatable bonds is 3. The molecule has 21 heavy (non-hydrogen) atoms. The van der Waals surface area contributed by atoms with Gasteiger partial charge in [-0.15, -0.1) is 6.42 Å². The van der Waals surface area contributed by atoms with Crippen molar-refractivity contribution >= 4 is 13.4 Å². The lowest BCUT2D eigenvalue weighted by Gasteiger charge is -2.32. The van der Waals surface area contributed by atoms with Gasteiger partial charge in [0.15, 0.2) is 0 Å². The maximum atomic E-state index is 11.2. The van der Waals surface area contributed by atoms with Crippen LogP contribution in [0.4, 0.5) is 0 Å². The van der Waals surface area contributed by atoms with Crippen LogP contribution in [0.3, 0.4) is 0 Å². The van der Waals surface area contributed by atoms with Gasteiger partial charge in [0, 0.05) is 17.4 Å². The number of hydrogen-bond donors (Lipinski definition) is 0. The Morgan fingerprint density at radius 2 is 1.81 bits per heavy atom. The summed E-state index contributed by atoms with van der Waals surface area (Å²) in [6.07, 6.45) is 6.92. The third-order valence-electron chi connectivity index (χ3n) is 4.49. The Kier molecular flexibility index (Phi) is 4.01. The van der Waals surface area contributed by atoms with E-state index < -0.39 is 0 Å². The topological polar surface area (TPSA) is 35.5 Å². The van der Waals surface area contributed by atoms with E-state index in [1.165, 1.54) is 0 Å². The van der Waals surface area contributed by atoms with Crippen LogP contribution in [0, 0.1) is 19.3 Å². The van der Waals surface area contributed by atoms with Gasteiger partial charge in [0.25, 0.3) is 0 Å². The summed E-state index contributed by atoms with van der Waals surface area (Å²) in [5.74, 6) is 2.63. The van der Waals surface area contributed by atoms with Gasteiger partial charge in [-0.3, -0.25) is 4.79 Å². The summed E-state index contributed by atoms with van der Waals surface area (Å²) in [5.41, 5.74) is 2.44. The van der Waals surface area contributed by atoms with Gasteiger partial charge in [-0.25, -0.2) is 0 Å². The molecule has 3 nitrogen and oxygen atoms in total. The lowest BCUT2D eigenvalue weighted by molar-refractivity contribution is 0.00578. The fourth-order valence-corrected chi connectivity index (χ4v) is 2.43. The molecular weight excluding hydrogens is 263 g/mol. The van der Waals surface area contributed by atoms with Crippen molar-refractivity contribution < 1.29 is 14.1 Å². The van der Waals surface area contributed by atoms with Crippen LogP contribution < -0.4 is 0 Å². The van der Waals surface area contributed by atoms with Crippen molar-refractivity contribution in [3.63, 3.8) is 0 Å². The highest BCUT2D eigenvalue weighted by Gasteiger charge is 2.50. The molecule has 0 spiro atoms. The minimum atomic E-state index is -0.356. The van der Waals surface area contributed by atoms with Gasteiger partial charge in [0.2, 0.25) is 0 Å². The third kappa shape index (κ3) is 2.90. The van der Waals surface area contributed by atoms with E-state index in [-0.39, 0.29) is 18.3 Å². The van der Waals surface area contributed by atoms with Crippen molar-refractivity contribution in [1.82, 2.24) is 0 Å². The molecule has 0 aliphatic carbocycles. The average molecular weight is 284 g/mol. The first-order chi connectivity index (χ1) is 9.70. The van der Waals surface area contributed by atoms with Crippen LogP contribution in [0.1, 0.15) is 54.7 Å². The van der Waals surface area contributed by atoms with E-state index in [0.29, 0.717) is 11.9 Å². The zero-order valence-electron chi connectivity index (χ0n) is 13.3. The van der Waals surface area contributed by atoms with Crippen LogP contribution in [0.25, 0.3) is 0 Å². The third-order valence-corrected chi connectivity index (χ3v) is 4.49. The second-order valence-electron chi connectivity index (χ2n) is 6.51.